The molecule has 92 valence electrons. The summed E-state index contributed by atoms with van der Waals surface area (Å²) in [6.45, 7) is 3.72. The third kappa shape index (κ3) is 2.19. The highest BCUT2D eigenvalue weighted by Crippen LogP contribution is 2.23. The first-order valence-corrected chi connectivity index (χ1v) is 7.15. The number of aromatic nitrogens is 2. The highest BCUT2D eigenvalue weighted by Gasteiger charge is 2.21. The molecule has 1 aromatic heterocycles. The first-order valence-electron chi connectivity index (χ1n) is 6.00. The van der Waals surface area contributed by atoms with Crippen LogP contribution in [0.4, 0.5) is 5.82 Å². The number of nitrogens with one attached hydrogen (secondary N) is 2. The predicted molar refractivity (Wildman–Crippen MR) is 69.8 cm³/mol. The van der Waals surface area contributed by atoms with Crippen LogP contribution in [0.2, 0.25) is 0 Å². The zero-order valence-corrected chi connectivity index (χ0v) is 10.5. The molecule has 0 radical (unpaired) electrons. The number of hydrogen-bond donors (Lipinski definition) is 2. The van der Waals surface area contributed by atoms with Crippen molar-refractivity contribution in [2.24, 2.45) is 0 Å². The van der Waals surface area contributed by atoms with Crippen molar-refractivity contribution in [3.63, 3.8) is 0 Å². The van der Waals surface area contributed by atoms with Gasteiger partial charge in [-0.25, -0.2) is 4.79 Å². The van der Waals surface area contributed by atoms with Gasteiger partial charge in [0.15, 0.2) is 0 Å². The number of rotatable bonds is 1. The minimum atomic E-state index is -0.222. The normalized spacial score (nSPS) is 20.1. The monoisotopic (exact) mass is 252 g/mol. The molecule has 0 spiro atoms. The Hall–Kier alpha value is -1.01. The second kappa shape index (κ2) is 4.70. The lowest BCUT2D eigenvalue weighted by atomic mass is 10.1. The molecule has 0 aliphatic carbocycles. The Bertz CT molecular complexity index is 467. The lowest BCUT2D eigenvalue weighted by Crippen LogP contribution is -2.38. The molecule has 2 N–H and O–H groups in total. The average molecular weight is 252 g/mol. The van der Waals surface area contributed by atoms with Gasteiger partial charge in [-0.15, -0.1) is 0 Å². The van der Waals surface area contributed by atoms with Crippen LogP contribution in [-0.2, 0) is 13.0 Å². The van der Waals surface area contributed by atoms with Gasteiger partial charge in [0.2, 0.25) is 0 Å². The Labute approximate surface area is 104 Å². The second-order valence-electron chi connectivity index (χ2n) is 4.35. The molecule has 0 atom stereocenters. The molecular weight excluding hydrogens is 236 g/mol. The van der Waals surface area contributed by atoms with Gasteiger partial charge in [-0.2, -0.15) is 16.7 Å². The summed E-state index contributed by atoms with van der Waals surface area (Å²) in [6, 6.07) is 0. The maximum Gasteiger partial charge on any atom is 0.347 e. The Morgan fingerprint density at radius 2 is 2.12 bits per heavy atom. The van der Waals surface area contributed by atoms with Crippen molar-refractivity contribution in [2.75, 3.05) is 36.0 Å². The van der Waals surface area contributed by atoms with Crippen LogP contribution in [-0.4, -0.2) is 41.1 Å². The quantitative estimate of drug-likeness (QED) is 0.735. The summed E-state index contributed by atoms with van der Waals surface area (Å²) < 4.78 is 0. The van der Waals surface area contributed by atoms with E-state index in [9.17, 15) is 4.79 Å². The molecule has 0 bridgehead atoms. The molecule has 0 aromatic carbocycles. The summed E-state index contributed by atoms with van der Waals surface area (Å²) in [5.74, 6) is 3.17. The highest BCUT2D eigenvalue weighted by atomic mass is 32.2. The molecule has 2 aliphatic heterocycles. The first kappa shape index (κ1) is 11.1. The van der Waals surface area contributed by atoms with Gasteiger partial charge < -0.3 is 15.2 Å². The lowest BCUT2D eigenvalue weighted by molar-refractivity contribution is 0.615. The van der Waals surface area contributed by atoms with Gasteiger partial charge in [0, 0.05) is 42.4 Å². The van der Waals surface area contributed by atoms with Crippen molar-refractivity contribution in [1.29, 1.82) is 0 Å². The maximum absolute atomic E-state index is 11.6. The topological polar surface area (TPSA) is 61.0 Å². The van der Waals surface area contributed by atoms with Gasteiger partial charge >= 0.3 is 5.69 Å². The third-order valence-corrected chi connectivity index (χ3v) is 4.21. The molecule has 1 saturated heterocycles. The van der Waals surface area contributed by atoms with Crippen molar-refractivity contribution in [1.82, 2.24) is 15.3 Å². The number of H-pyrrole nitrogens is 1. The molecule has 0 unspecified atom stereocenters. The first-order chi connectivity index (χ1) is 8.34. The molecule has 1 fully saturated rings. The van der Waals surface area contributed by atoms with Crippen molar-refractivity contribution >= 4 is 17.6 Å². The van der Waals surface area contributed by atoms with E-state index in [0.29, 0.717) is 0 Å². The zero-order valence-electron chi connectivity index (χ0n) is 9.66. The van der Waals surface area contributed by atoms with E-state index >= 15 is 0 Å². The van der Waals surface area contributed by atoms with E-state index in [0.717, 1.165) is 55.6 Å². The van der Waals surface area contributed by atoms with E-state index in [2.05, 4.69) is 20.2 Å². The van der Waals surface area contributed by atoms with Crippen molar-refractivity contribution in [3.05, 3.63) is 21.7 Å². The van der Waals surface area contributed by atoms with Crippen molar-refractivity contribution in [3.8, 4) is 0 Å². The molecule has 0 saturated carbocycles. The molecule has 1 aromatic rings. The average Bonchev–Trinajstić information content (AvgIpc) is 2.39. The van der Waals surface area contributed by atoms with Crippen LogP contribution in [0.25, 0.3) is 0 Å². The summed E-state index contributed by atoms with van der Waals surface area (Å²) in [6.07, 6.45) is 0.956. The molecule has 6 heteroatoms. The molecule has 3 heterocycles. The Balaban J connectivity index is 2.01. The Kier molecular flexibility index (Phi) is 3.07. The van der Waals surface area contributed by atoms with Crippen molar-refractivity contribution in [2.45, 2.75) is 13.0 Å². The maximum atomic E-state index is 11.6. The SMILES string of the molecule is O=c1nc(N2CCSCC2)c2c([nH]1)CNCC2. The van der Waals surface area contributed by atoms with Crippen LogP contribution in [0, 0.1) is 0 Å². The molecule has 17 heavy (non-hydrogen) atoms. The summed E-state index contributed by atoms with van der Waals surface area (Å²) in [7, 11) is 0. The molecule has 0 amide bonds. The van der Waals surface area contributed by atoms with Gasteiger partial charge in [-0.05, 0) is 13.0 Å². The fourth-order valence-electron chi connectivity index (χ4n) is 2.41. The van der Waals surface area contributed by atoms with Crippen LogP contribution in [0.15, 0.2) is 4.79 Å². The fourth-order valence-corrected chi connectivity index (χ4v) is 3.31. The van der Waals surface area contributed by atoms with E-state index in [1.165, 1.54) is 5.56 Å². The van der Waals surface area contributed by atoms with E-state index < -0.39 is 0 Å². The van der Waals surface area contributed by atoms with E-state index in [-0.39, 0.29) is 5.69 Å². The molecule has 3 rings (SSSR count). The molecule has 2 aliphatic rings. The van der Waals surface area contributed by atoms with Crippen LogP contribution in [0.5, 0.6) is 0 Å². The Morgan fingerprint density at radius 3 is 2.94 bits per heavy atom. The summed E-state index contributed by atoms with van der Waals surface area (Å²) in [5.41, 5.74) is 2.03. The van der Waals surface area contributed by atoms with E-state index in [1.54, 1.807) is 0 Å². The van der Waals surface area contributed by atoms with Gasteiger partial charge in [-0.3, -0.25) is 0 Å². The standard InChI is InChI=1S/C11H16N4OS/c16-11-13-9-7-12-2-1-8(9)10(14-11)15-3-5-17-6-4-15/h12H,1-7H2,(H,13,14,16). The number of aromatic amines is 1. The summed E-state index contributed by atoms with van der Waals surface area (Å²) in [4.78, 5) is 20.9. The molecule has 5 nitrogen and oxygen atoms in total. The number of fused-ring (bicyclic) bond motifs is 1. The van der Waals surface area contributed by atoms with Crippen LogP contribution < -0.4 is 15.9 Å². The minimum absolute atomic E-state index is 0.222. The van der Waals surface area contributed by atoms with Crippen LogP contribution in [0.1, 0.15) is 11.3 Å². The predicted octanol–water partition coefficient (Wildman–Crippen LogP) is -0.0312. The fraction of sp³-hybridized carbons (Fsp3) is 0.636. The number of anilines is 1. The van der Waals surface area contributed by atoms with E-state index in [4.69, 9.17) is 0 Å². The van der Waals surface area contributed by atoms with Gasteiger partial charge in [0.05, 0.1) is 0 Å². The number of hydrogen-bond acceptors (Lipinski definition) is 5. The Morgan fingerprint density at radius 1 is 1.29 bits per heavy atom. The van der Waals surface area contributed by atoms with Crippen molar-refractivity contribution < 1.29 is 0 Å². The smallest absolute Gasteiger partial charge is 0.347 e. The minimum Gasteiger partial charge on any atom is -0.355 e. The van der Waals surface area contributed by atoms with Gasteiger partial charge in [-0.1, -0.05) is 0 Å². The lowest BCUT2D eigenvalue weighted by Gasteiger charge is -2.30. The van der Waals surface area contributed by atoms with Crippen LogP contribution >= 0.6 is 11.8 Å². The van der Waals surface area contributed by atoms with E-state index in [1.807, 2.05) is 11.8 Å². The largest absolute Gasteiger partial charge is 0.355 e. The highest BCUT2D eigenvalue weighted by molar-refractivity contribution is 7.99. The van der Waals surface area contributed by atoms with Crippen LogP contribution in [0.3, 0.4) is 0 Å². The second-order valence-corrected chi connectivity index (χ2v) is 5.57. The summed E-state index contributed by atoms with van der Waals surface area (Å²) in [5, 5.41) is 3.28. The summed E-state index contributed by atoms with van der Waals surface area (Å²) >= 11 is 1.97. The molecular formula is C11H16N4OS. The third-order valence-electron chi connectivity index (χ3n) is 3.26. The zero-order chi connectivity index (χ0) is 11.7. The number of thioether (sulfide) groups is 1. The number of nitrogens with zero attached hydrogens (tertiary/aromatic N) is 2. The van der Waals surface area contributed by atoms with Gasteiger partial charge in [0.1, 0.15) is 5.82 Å². The van der Waals surface area contributed by atoms with Gasteiger partial charge in [0.25, 0.3) is 0 Å².